The lowest BCUT2D eigenvalue weighted by Crippen LogP contribution is -2.54. The average Bonchev–Trinajstić information content (AvgIpc) is 3.15. The Morgan fingerprint density at radius 2 is 1.78 bits per heavy atom. The predicted molar refractivity (Wildman–Crippen MR) is 69.8 cm³/mol. The third-order valence-corrected chi connectivity index (χ3v) is 6.03. The van der Waals surface area contributed by atoms with Crippen LogP contribution in [0.15, 0.2) is 35.2 Å². The molecule has 0 radical (unpaired) electrons. The van der Waals surface area contributed by atoms with Crippen LogP contribution in [0.25, 0.3) is 0 Å². The number of benzene rings is 1. The first kappa shape index (κ1) is 12.1. The molecule has 0 amide bonds. The van der Waals surface area contributed by atoms with Gasteiger partial charge in [-0.05, 0) is 32.0 Å². The van der Waals surface area contributed by atoms with E-state index in [0.29, 0.717) is 18.0 Å². The average molecular weight is 266 g/mol. The van der Waals surface area contributed by atoms with Gasteiger partial charge in [0.15, 0.2) is 0 Å². The Hall–Kier alpha value is -0.910. The molecular formula is C13H18N2O2S. The van der Waals surface area contributed by atoms with Crippen LogP contribution in [0.2, 0.25) is 0 Å². The highest BCUT2D eigenvalue weighted by molar-refractivity contribution is 7.89. The maximum atomic E-state index is 12.5. The number of hydrogen-bond acceptors (Lipinski definition) is 3. The molecule has 1 spiro atoms. The second-order valence-electron chi connectivity index (χ2n) is 5.30. The topological polar surface area (TPSA) is 40.6 Å². The molecule has 1 saturated carbocycles. The Morgan fingerprint density at radius 3 is 2.39 bits per heavy atom. The molecule has 0 unspecified atom stereocenters. The second-order valence-corrected chi connectivity index (χ2v) is 7.24. The first-order chi connectivity index (χ1) is 8.55. The molecule has 1 heterocycles. The molecule has 2 aliphatic rings. The first-order valence-electron chi connectivity index (χ1n) is 6.31. The molecule has 1 aliphatic carbocycles. The summed E-state index contributed by atoms with van der Waals surface area (Å²) in [6.45, 7) is 2.06. The van der Waals surface area contributed by atoms with E-state index in [0.717, 1.165) is 19.4 Å². The predicted octanol–water partition coefficient (Wildman–Crippen LogP) is 1.16. The smallest absolute Gasteiger partial charge is 0.243 e. The summed E-state index contributed by atoms with van der Waals surface area (Å²) < 4.78 is 26.7. The summed E-state index contributed by atoms with van der Waals surface area (Å²) in [5, 5.41) is 0. The fourth-order valence-electron chi connectivity index (χ4n) is 2.66. The van der Waals surface area contributed by atoms with Crippen LogP contribution in [0.3, 0.4) is 0 Å². The normalized spacial score (nSPS) is 24.3. The zero-order chi connectivity index (χ0) is 12.8. The number of rotatable bonds is 2. The van der Waals surface area contributed by atoms with Crippen molar-refractivity contribution in [3.63, 3.8) is 0 Å². The van der Waals surface area contributed by atoms with E-state index < -0.39 is 10.0 Å². The van der Waals surface area contributed by atoms with Crippen LogP contribution in [-0.2, 0) is 10.0 Å². The summed E-state index contributed by atoms with van der Waals surface area (Å²) in [7, 11) is -1.21. The summed E-state index contributed by atoms with van der Waals surface area (Å²) in [4.78, 5) is 2.72. The van der Waals surface area contributed by atoms with Crippen LogP contribution in [-0.4, -0.2) is 49.8 Å². The molecule has 1 saturated heterocycles. The second kappa shape index (κ2) is 4.05. The van der Waals surface area contributed by atoms with Crippen LogP contribution < -0.4 is 0 Å². The minimum absolute atomic E-state index is 0.125. The van der Waals surface area contributed by atoms with E-state index in [2.05, 4.69) is 11.9 Å². The largest absolute Gasteiger partial charge is 0.298 e. The molecule has 1 aliphatic heterocycles. The van der Waals surface area contributed by atoms with Crippen LogP contribution in [0.4, 0.5) is 0 Å². The molecule has 18 heavy (non-hydrogen) atoms. The standard InChI is InChI=1S/C13H18N2O2S/c1-14-9-10-15(11-13(14)7-8-13)18(16,17)12-5-3-2-4-6-12/h2-6H,7-11H2,1H3. The Labute approximate surface area is 108 Å². The van der Waals surface area contributed by atoms with E-state index in [9.17, 15) is 8.42 Å². The van der Waals surface area contributed by atoms with Gasteiger partial charge in [-0.2, -0.15) is 4.31 Å². The molecule has 0 bridgehead atoms. The number of hydrogen-bond donors (Lipinski definition) is 0. The summed E-state index contributed by atoms with van der Waals surface area (Å²) in [5.41, 5.74) is 0.125. The van der Waals surface area contributed by atoms with E-state index in [1.807, 2.05) is 6.07 Å². The Bertz CT molecular complexity index is 537. The molecule has 0 atom stereocenters. The van der Waals surface area contributed by atoms with E-state index in [-0.39, 0.29) is 5.54 Å². The number of nitrogens with zero attached hydrogens (tertiary/aromatic N) is 2. The molecule has 5 heteroatoms. The highest BCUT2D eigenvalue weighted by atomic mass is 32.2. The lowest BCUT2D eigenvalue weighted by Gasteiger charge is -2.39. The van der Waals surface area contributed by atoms with Gasteiger partial charge in [-0.25, -0.2) is 8.42 Å². The van der Waals surface area contributed by atoms with Gasteiger partial charge >= 0.3 is 0 Å². The van der Waals surface area contributed by atoms with Gasteiger partial charge in [-0.15, -0.1) is 0 Å². The summed E-state index contributed by atoms with van der Waals surface area (Å²) in [5.74, 6) is 0. The Morgan fingerprint density at radius 1 is 1.11 bits per heavy atom. The van der Waals surface area contributed by atoms with Crippen molar-refractivity contribution in [3.05, 3.63) is 30.3 Å². The molecule has 0 N–H and O–H groups in total. The number of sulfonamides is 1. The molecular weight excluding hydrogens is 248 g/mol. The maximum Gasteiger partial charge on any atom is 0.243 e. The van der Waals surface area contributed by atoms with E-state index in [1.165, 1.54) is 0 Å². The third-order valence-electron chi connectivity index (χ3n) is 4.17. The van der Waals surface area contributed by atoms with Crippen molar-refractivity contribution >= 4 is 10.0 Å². The van der Waals surface area contributed by atoms with Crippen LogP contribution in [0.1, 0.15) is 12.8 Å². The Balaban J connectivity index is 1.87. The van der Waals surface area contributed by atoms with Gasteiger partial charge in [0, 0.05) is 25.2 Å². The molecule has 98 valence electrons. The van der Waals surface area contributed by atoms with Crippen molar-refractivity contribution in [1.82, 2.24) is 9.21 Å². The highest BCUT2D eigenvalue weighted by Gasteiger charge is 2.51. The lowest BCUT2D eigenvalue weighted by molar-refractivity contribution is 0.130. The van der Waals surface area contributed by atoms with Crippen molar-refractivity contribution in [2.75, 3.05) is 26.7 Å². The zero-order valence-electron chi connectivity index (χ0n) is 10.5. The van der Waals surface area contributed by atoms with Gasteiger partial charge < -0.3 is 0 Å². The zero-order valence-corrected chi connectivity index (χ0v) is 11.4. The van der Waals surface area contributed by atoms with Crippen molar-refractivity contribution in [3.8, 4) is 0 Å². The van der Waals surface area contributed by atoms with Gasteiger partial charge in [-0.3, -0.25) is 4.90 Å². The maximum absolute atomic E-state index is 12.5. The van der Waals surface area contributed by atoms with Gasteiger partial charge in [0.25, 0.3) is 0 Å². The summed E-state index contributed by atoms with van der Waals surface area (Å²) in [6, 6.07) is 8.73. The Kier molecular flexibility index (Phi) is 2.73. The highest BCUT2D eigenvalue weighted by Crippen LogP contribution is 2.44. The minimum atomic E-state index is -3.31. The van der Waals surface area contributed by atoms with Gasteiger partial charge in [0.1, 0.15) is 0 Å². The van der Waals surface area contributed by atoms with Crippen molar-refractivity contribution in [2.45, 2.75) is 23.3 Å². The van der Waals surface area contributed by atoms with Crippen LogP contribution in [0.5, 0.6) is 0 Å². The molecule has 4 nitrogen and oxygen atoms in total. The van der Waals surface area contributed by atoms with Gasteiger partial charge in [-0.1, -0.05) is 18.2 Å². The van der Waals surface area contributed by atoms with Crippen molar-refractivity contribution in [1.29, 1.82) is 0 Å². The first-order valence-corrected chi connectivity index (χ1v) is 7.75. The fourth-order valence-corrected chi connectivity index (χ4v) is 4.19. The minimum Gasteiger partial charge on any atom is -0.298 e. The monoisotopic (exact) mass is 266 g/mol. The van der Waals surface area contributed by atoms with Crippen molar-refractivity contribution < 1.29 is 8.42 Å². The molecule has 1 aromatic rings. The molecule has 3 rings (SSSR count). The number of piperazine rings is 1. The van der Waals surface area contributed by atoms with E-state index in [1.54, 1.807) is 28.6 Å². The summed E-state index contributed by atoms with van der Waals surface area (Å²) >= 11 is 0. The number of likely N-dealkylation sites (N-methyl/N-ethyl adjacent to an activating group) is 1. The van der Waals surface area contributed by atoms with Gasteiger partial charge in [0.05, 0.1) is 4.90 Å². The molecule has 2 fully saturated rings. The quantitative estimate of drug-likeness (QED) is 0.806. The SMILES string of the molecule is CN1CCN(S(=O)(=O)c2ccccc2)CC12CC2. The molecule has 0 aromatic heterocycles. The van der Waals surface area contributed by atoms with Gasteiger partial charge in [0.2, 0.25) is 10.0 Å². The van der Waals surface area contributed by atoms with Crippen molar-refractivity contribution in [2.24, 2.45) is 0 Å². The fraction of sp³-hybridized carbons (Fsp3) is 0.538. The lowest BCUT2D eigenvalue weighted by atomic mass is 10.2. The van der Waals surface area contributed by atoms with E-state index in [4.69, 9.17) is 0 Å². The van der Waals surface area contributed by atoms with E-state index >= 15 is 0 Å². The summed E-state index contributed by atoms with van der Waals surface area (Å²) in [6.07, 6.45) is 2.23. The van der Waals surface area contributed by atoms with Crippen LogP contribution in [0, 0.1) is 0 Å². The molecule has 1 aromatic carbocycles. The van der Waals surface area contributed by atoms with Crippen LogP contribution >= 0.6 is 0 Å². The third kappa shape index (κ3) is 1.86.